The minimum Gasteiger partial charge on any atom is -0.497 e. The van der Waals surface area contributed by atoms with E-state index in [-0.39, 0.29) is 5.78 Å². The first-order valence-electron chi connectivity index (χ1n) is 10.8. The molecule has 0 bridgehead atoms. The zero-order chi connectivity index (χ0) is 21.3. The average molecular weight is 406 g/mol. The highest BCUT2D eigenvalue weighted by atomic mass is 16.5. The molecule has 4 heteroatoms. The number of aryl methyl sites for hydroxylation is 2. The number of rotatable bonds is 10. The van der Waals surface area contributed by atoms with E-state index in [1.807, 2.05) is 42.5 Å². The van der Waals surface area contributed by atoms with E-state index in [0.29, 0.717) is 18.4 Å². The molecule has 30 heavy (non-hydrogen) atoms. The fourth-order valence-electron chi connectivity index (χ4n) is 3.66. The van der Waals surface area contributed by atoms with Crippen molar-refractivity contribution in [2.45, 2.75) is 58.8 Å². The van der Waals surface area contributed by atoms with Crippen LogP contribution in [0.5, 0.6) is 5.75 Å². The lowest BCUT2D eigenvalue weighted by molar-refractivity contribution is -0.116. The van der Waals surface area contributed by atoms with Crippen molar-refractivity contribution in [1.82, 2.24) is 0 Å². The maximum atomic E-state index is 11.7. The average Bonchev–Trinajstić information content (AvgIpc) is 2.76. The van der Waals surface area contributed by atoms with Crippen LogP contribution in [0.2, 0.25) is 0 Å². The van der Waals surface area contributed by atoms with Gasteiger partial charge in [0.15, 0.2) is 0 Å². The first-order valence-corrected chi connectivity index (χ1v) is 10.8. The van der Waals surface area contributed by atoms with Crippen LogP contribution in [-0.4, -0.2) is 12.9 Å². The molecule has 4 nitrogen and oxygen atoms in total. The van der Waals surface area contributed by atoms with Crippen LogP contribution >= 0.6 is 0 Å². The number of unbranched alkanes of at least 4 members (excludes halogenated alkanes) is 3. The van der Waals surface area contributed by atoms with Crippen molar-refractivity contribution < 1.29 is 13.9 Å². The van der Waals surface area contributed by atoms with E-state index >= 15 is 0 Å². The number of hydrogen-bond donors (Lipinski definition) is 0. The third kappa shape index (κ3) is 5.59. The summed E-state index contributed by atoms with van der Waals surface area (Å²) in [5.41, 5.74) is 2.58. The second-order valence-electron chi connectivity index (χ2n) is 7.68. The third-order valence-electron chi connectivity index (χ3n) is 5.33. The smallest absolute Gasteiger partial charge is 0.227 e. The maximum absolute atomic E-state index is 11.7. The summed E-state index contributed by atoms with van der Waals surface area (Å²) in [5, 5.41) is 2.10. The Morgan fingerprint density at radius 1 is 0.967 bits per heavy atom. The number of carbonyl (C=O) groups excluding carboxylic acids is 1. The predicted octanol–water partition coefficient (Wildman–Crippen LogP) is 6.32. The molecule has 0 radical (unpaired) electrons. The van der Waals surface area contributed by atoms with Crippen molar-refractivity contribution in [2.24, 2.45) is 4.99 Å². The molecule has 2 aromatic carbocycles. The van der Waals surface area contributed by atoms with E-state index in [1.54, 1.807) is 14.0 Å². The van der Waals surface area contributed by atoms with Crippen molar-refractivity contribution in [3.8, 4) is 5.75 Å². The van der Waals surface area contributed by atoms with Gasteiger partial charge in [0.05, 0.1) is 12.8 Å². The zero-order valence-corrected chi connectivity index (χ0v) is 18.2. The lowest BCUT2D eigenvalue weighted by Crippen LogP contribution is -2.10. The van der Waals surface area contributed by atoms with Crippen LogP contribution in [-0.2, 0) is 17.6 Å². The van der Waals surface area contributed by atoms with Gasteiger partial charge in [-0.05, 0) is 61.0 Å². The van der Waals surface area contributed by atoms with Crippen LogP contribution in [0.3, 0.4) is 0 Å². The molecule has 3 rings (SSSR count). The maximum Gasteiger partial charge on any atom is 0.227 e. The molecule has 0 aliphatic carbocycles. The van der Waals surface area contributed by atoms with Crippen molar-refractivity contribution in [2.75, 3.05) is 7.11 Å². The SMILES string of the molecule is CCCCCCc1oc(=Nc2ccc(OC)cc2)c2ccccc2c1CCC(C)=O. The third-order valence-corrected chi connectivity index (χ3v) is 5.33. The molecule has 0 unspecified atom stereocenters. The van der Waals surface area contributed by atoms with E-state index in [4.69, 9.17) is 14.1 Å². The van der Waals surface area contributed by atoms with Crippen molar-refractivity contribution >= 4 is 22.2 Å². The summed E-state index contributed by atoms with van der Waals surface area (Å²) in [7, 11) is 1.65. The Labute approximate surface area is 178 Å². The molecule has 0 amide bonds. The van der Waals surface area contributed by atoms with E-state index in [2.05, 4.69) is 13.0 Å². The molecular formula is C26H31NO3. The molecule has 0 saturated carbocycles. The summed E-state index contributed by atoms with van der Waals surface area (Å²) in [6, 6.07) is 15.8. The van der Waals surface area contributed by atoms with E-state index < -0.39 is 0 Å². The summed E-state index contributed by atoms with van der Waals surface area (Å²) < 4.78 is 11.6. The van der Waals surface area contributed by atoms with Crippen molar-refractivity contribution in [3.05, 3.63) is 65.4 Å². The lowest BCUT2D eigenvalue weighted by atomic mass is 9.97. The van der Waals surface area contributed by atoms with Crippen molar-refractivity contribution in [1.29, 1.82) is 0 Å². The molecule has 3 aromatic rings. The largest absolute Gasteiger partial charge is 0.497 e. The van der Waals surface area contributed by atoms with E-state index in [9.17, 15) is 4.79 Å². The number of ether oxygens (including phenoxy) is 1. The Bertz CT molecular complexity index is 1050. The predicted molar refractivity (Wildman–Crippen MR) is 121 cm³/mol. The molecule has 0 fully saturated rings. The summed E-state index contributed by atoms with van der Waals surface area (Å²) in [5.74, 6) is 1.95. The summed E-state index contributed by atoms with van der Waals surface area (Å²) in [4.78, 5) is 16.5. The molecular weight excluding hydrogens is 374 g/mol. The van der Waals surface area contributed by atoms with E-state index in [1.165, 1.54) is 19.3 Å². The molecule has 0 spiro atoms. The topological polar surface area (TPSA) is 51.8 Å². The highest BCUT2D eigenvalue weighted by Crippen LogP contribution is 2.24. The molecule has 1 aromatic heterocycles. The second-order valence-corrected chi connectivity index (χ2v) is 7.68. The quantitative estimate of drug-likeness (QED) is 0.371. The van der Waals surface area contributed by atoms with Crippen LogP contribution in [0.1, 0.15) is 57.3 Å². The van der Waals surface area contributed by atoms with Gasteiger partial charge in [-0.2, -0.15) is 0 Å². The Morgan fingerprint density at radius 3 is 2.37 bits per heavy atom. The number of hydrogen-bond acceptors (Lipinski definition) is 4. The standard InChI is InChI=1S/C26H31NO3/c1-4-5-6-7-12-25-23(18-13-19(2)28)22-10-8-9-11-24(22)26(30-25)27-20-14-16-21(29-3)17-15-20/h8-11,14-17H,4-7,12-13,18H2,1-3H3. The van der Waals surface area contributed by atoms with Crippen molar-refractivity contribution in [3.63, 3.8) is 0 Å². The summed E-state index contributed by atoms with van der Waals surface area (Å²) >= 11 is 0. The second kappa shape index (κ2) is 10.8. The molecule has 0 atom stereocenters. The Hall–Kier alpha value is -2.88. The first-order chi connectivity index (χ1) is 14.6. The number of nitrogens with zero attached hydrogens (tertiary/aromatic N) is 1. The van der Waals surface area contributed by atoms with Gasteiger partial charge >= 0.3 is 0 Å². The lowest BCUT2D eigenvalue weighted by Gasteiger charge is -2.12. The van der Waals surface area contributed by atoms with Gasteiger partial charge in [0.2, 0.25) is 5.55 Å². The van der Waals surface area contributed by atoms with Crippen LogP contribution in [0.4, 0.5) is 5.69 Å². The van der Waals surface area contributed by atoms with Crippen LogP contribution in [0, 0.1) is 0 Å². The van der Waals surface area contributed by atoms with Gasteiger partial charge in [-0.3, -0.25) is 0 Å². The van der Waals surface area contributed by atoms with Gasteiger partial charge in [0.1, 0.15) is 17.3 Å². The number of carbonyl (C=O) groups is 1. The monoisotopic (exact) mass is 405 g/mol. The fraction of sp³-hybridized carbons (Fsp3) is 0.385. The Kier molecular flexibility index (Phi) is 7.83. The van der Waals surface area contributed by atoms with E-state index in [0.717, 1.165) is 46.4 Å². The van der Waals surface area contributed by atoms with Crippen LogP contribution < -0.4 is 10.3 Å². The molecule has 1 heterocycles. The first kappa shape index (κ1) is 21.8. The highest BCUT2D eigenvalue weighted by Gasteiger charge is 2.13. The van der Waals surface area contributed by atoms with Gasteiger partial charge in [0.25, 0.3) is 0 Å². The van der Waals surface area contributed by atoms with Gasteiger partial charge in [-0.15, -0.1) is 0 Å². The van der Waals surface area contributed by atoms with Gasteiger partial charge in [-0.1, -0.05) is 44.4 Å². The summed E-state index contributed by atoms with van der Waals surface area (Å²) in [6.45, 7) is 3.86. The van der Waals surface area contributed by atoms with Gasteiger partial charge in [0, 0.05) is 18.2 Å². The highest BCUT2D eigenvalue weighted by molar-refractivity contribution is 5.85. The van der Waals surface area contributed by atoms with Gasteiger partial charge < -0.3 is 13.9 Å². The Balaban J connectivity index is 2.10. The number of benzene rings is 2. The Morgan fingerprint density at radius 2 is 1.70 bits per heavy atom. The van der Waals surface area contributed by atoms with Crippen LogP contribution in [0.15, 0.2) is 57.9 Å². The minimum absolute atomic E-state index is 0.197. The molecule has 0 aliphatic rings. The normalized spacial score (nSPS) is 11.8. The molecule has 0 saturated heterocycles. The molecule has 158 valence electrons. The summed E-state index contributed by atoms with van der Waals surface area (Å²) in [6.07, 6.45) is 6.76. The fourth-order valence-corrected chi connectivity index (χ4v) is 3.66. The molecule has 0 N–H and O–H groups in total. The number of methoxy groups -OCH3 is 1. The number of ketones is 1. The minimum atomic E-state index is 0.197. The number of Topliss-reactive ketones (excluding diaryl/α,β-unsaturated/α-hetero) is 1. The van der Waals surface area contributed by atoms with Gasteiger partial charge in [-0.25, -0.2) is 4.99 Å². The van der Waals surface area contributed by atoms with Crippen LogP contribution in [0.25, 0.3) is 10.8 Å². The number of fused-ring (bicyclic) bond motifs is 1. The molecule has 0 aliphatic heterocycles. The zero-order valence-electron chi connectivity index (χ0n) is 18.2.